The van der Waals surface area contributed by atoms with Gasteiger partial charge in [0.15, 0.2) is 0 Å². The molecule has 0 aliphatic carbocycles. The molecule has 0 fully saturated rings. The number of benzene rings is 1. The molecule has 0 radical (unpaired) electrons. The molecule has 0 atom stereocenters. The molecule has 9 nitrogen and oxygen atoms in total. The second-order valence-corrected chi connectivity index (χ2v) is 8.44. The Bertz CT molecular complexity index is 1080. The van der Waals surface area contributed by atoms with Crippen LogP contribution in [0.15, 0.2) is 41.1 Å². The van der Waals surface area contributed by atoms with Crippen LogP contribution in [0.1, 0.15) is 65.5 Å². The quantitative estimate of drug-likeness (QED) is 0.417. The number of esters is 1. The molecule has 1 aromatic carbocycles. The van der Waals surface area contributed by atoms with Crippen molar-refractivity contribution in [2.45, 2.75) is 52.8 Å². The zero-order chi connectivity index (χ0) is 24.0. The molecule has 9 heteroatoms. The lowest BCUT2D eigenvalue weighted by Gasteiger charge is -2.19. The number of aromatic nitrogens is 2. The fourth-order valence-electron chi connectivity index (χ4n) is 3.35. The molecule has 1 amide bonds. The zero-order valence-corrected chi connectivity index (χ0v) is 19.6. The molecule has 3 rings (SSSR count). The van der Waals surface area contributed by atoms with Crippen molar-refractivity contribution in [3.05, 3.63) is 64.8 Å². The van der Waals surface area contributed by atoms with E-state index in [4.69, 9.17) is 14.0 Å². The van der Waals surface area contributed by atoms with Crippen LogP contribution in [0.2, 0.25) is 0 Å². The van der Waals surface area contributed by atoms with Gasteiger partial charge in [-0.25, -0.2) is 4.79 Å². The normalized spacial score (nSPS) is 11.2. The third kappa shape index (κ3) is 6.15. The maximum atomic E-state index is 13.2. The average molecular weight is 455 g/mol. The standard InChI is InChI=1S/C24H30N4O5/c1-6-18-20(22(29)26-13-16-11-12-32-28-16)19(27-21(18)23(30)33-24(2,3)4)14-25-15-7-9-17(31-5)10-8-15/h7-12,25,27H,6,13-14H2,1-5H3,(H,26,29). The van der Waals surface area contributed by atoms with E-state index in [0.29, 0.717) is 35.5 Å². The second kappa shape index (κ2) is 10.2. The van der Waals surface area contributed by atoms with Gasteiger partial charge in [-0.15, -0.1) is 0 Å². The molecule has 33 heavy (non-hydrogen) atoms. The summed E-state index contributed by atoms with van der Waals surface area (Å²) in [5.41, 5.74) is 2.67. The number of anilines is 1. The van der Waals surface area contributed by atoms with Gasteiger partial charge in [0.1, 0.15) is 29.0 Å². The van der Waals surface area contributed by atoms with Gasteiger partial charge < -0.3 is 29.6 Å². The molecular formula is C24H30N4O5. The highest BCUT2D eigenvalue weighted by molar-refractivity contribution is 6.01. The van der Waals surface area contributed by atoms with E-state index in [1.54, 1.807) is 33.9 Å². The Kier molecular flexibility index (Phi) is 7.42. The number of rotatable bonds is 9. The molecule has 2 aromatic heterocycles. The van der Waals surface area contributed by atoms with Crippen LogP contribution in [0.5, 0.6) is 5.75 Å². The molecule has 0 aliphatic heterocycles. The number of hydrogen-bond acceptors (Lipinski definition) is 7. The summed E-state index contributed by atoms with van der Waals surface area (Å²) in [6.07, 6.45) is 1.92. The van der Waals surface area contributed by atoms with E-state index in [9.17, 15) is 9.59 Å². The summed E-state index contributed by atoms with van der Waals surface area (Å²) < 4.78 is 15.6. The number of ether oxygens (including phenoxy) is 2. The maximum Gasteiger partial charge on any atom is 0.355 e. The van der Waals surface area contributed by atoms with Gasteiger partial charge >= 0.3 is 5.97 Å². The van der Waals surface area contributed by atoms with Crippen LogP contribution in [0.25, 0.3) is 0 Å². The van der Waals surface area contributed by atoms with Gasteiger partial charge in [0.2, 0.25) is 0 Å². The first-order valence-corrected chi connectivity index (χ1v) is 10.7. The van der Waals surface area contributed by atoms with Gasteiger partial charge in [0.05, 0.1) is 25.8 Å². The molecule has 0 bridgehead atoms. The molecule has 176 valence electrons. The van der Waals surface area contributed by atoms with Crippen molar-refractivity contribution in [2.24, 2.45) is 0 Å². The monoisotopic (exact) mass is 454 g/mol. The number of carbonyl (C=O) groups excluding carboxylic acids is 2. The number of H-pyrrole nitrogens is 1. The Labute approximate surface area is 192 Å². The number of nitrogens with zero attached hydrogens (tertiary/aromatic N) is 1. The lowest BCUT2D eigenvalue weighted by Crippen LogP contribution is -2.26. The molecule has 0 unspecified atom stereocenters. The van der Waals surface area contributed by atoms with E-state index >= 15 is 0 Å². The first-order chi connectivity index (χ1) is 15.7. The molecular weight excluding hydrogens is 424 g/mol. The Morgan fingerprint density at radius 1 is 1.12 bits per heavy atom. The molecule has 0 aliphatic rings. The lowest BCUT2D eigenvalue weighted by atomic mass is 10.0. The minimum atomic E-state index is -0.663. The number of hydrogen-bond donors (Lipinski definition) is 3. The van der Waals surface area contributed by atoms with Crippen LogP contribution >= 0.6 is 0 Å². The van der Waals surface area contributed by atoms with Gasteiger partial charge in [-0.2, -0.15) is 0 Å². The summed E-state index contributed by atoms with van der Waals surface area (Å²) in [6, 6.07) is 9.11. The Morgan fingerprint density at radius 3 is 2.42 bits per heavy atom. The summed E-state index contributed by atoms with van der Waals surface area (Å²) >= 11 is 0. The van der Waals surface area contributed by atoms with E-state index in [0.717, 1.165) is 11.4 Å². The predicted molar refractivity (Wildman–Crippen MR) is 123 cm³/mol. The van der Waals surface area contributed by atoms with E-state index in [1.165, 1.54) is 6.26 Å². The summed E-state index contributed by atoms with van der Waals surface area (Å²) in [7, 11) is 1.61. The number of amides is 1. The highest BCUT2D eigenvalue weighted by Crippen LogP contribution is 2.24. The average Bonchev–Trinajstić information content (AvgIpc) is 3.42. The Morgan fingerprint density at radius 2 is 1.85 bits per heavy atom. The SMILES string of the molecule is CCc1c(C(=O)OC(C)(C)C)[nH]c(CNc2ccc(OC)cc2)c1C(=O)NCc1ccon1. The molecule has 2 heterocycles. The first-order valence-electron chi connectivity index (χ1n) is 10.7. The minimum Gasteiger partial charge on any atom is -0.497 e. The van der Waals surface area contributed by atoms with E-state index < -0.39 is 11.6 Å². The van der Waals surface area contributed by atoms with Crippen molar-refractivity contribution in [1.82, 2.24) is 15.5 Å². The molecule has 3 aromatic rings. The van der Waals surface area contributed by atoms with Crippen LogP contribution in [-0.4, -0.2) is 34.7 Å². The van der Waals surface area contributed by atoms with Crippen LogP contribution in [-0.2, 0) is 24.2 Å². The van der Waals surface area contributed by atoms with Crippen molar-refractivity contribution in [3.8, 4) is 5.75 Å². The second-order valence-electron chi connectivity index (χ2n) is 8.44. The minimum absolute atomic E-state index is 0.205. The van der Waals surface area contributed by atoms with Crippen molar-refractivity contribution >= 4 is 17.6 Å². The molecule has 0 saturated carbocycles. The number of nitrogens with one attached hydrogen (secondary N) is 3. The smallest absolute Gasteiger partial charge is 0.355 e. The maximum absolute atomic E-state index is 13.2. The summed E-state index contributed by atoms with van der Waals surface area (Å²) in [6.45, 7) is 7.81. The number of carbonyl (C=O) groups is 2. The van der Waals surface area contributed by atoms with Gasteiger partial charge in [-0.1, -0.05) is 12.1 Å². The van der Waals surface area contributed by atoms with Crippen molar-refractivity contribution in [2.75, 3.05) is 12.4 Å². The summed E-state index contributed by atoms with van der Waals surface area (Å²) in [5.74, 6) is -0.0677. The van der Waals surface area contributed by atoms with Crippen LogP contribution in [0.3, 0.4) is 0 Å². The van der Waals surface area contributed by atoms with Gasteiger partial charge in [0.25, 0.3) is 5.91 Å². The van der Waals surface area contributed by atoms with Gasteiger partial charge in [-0.3, -0.25) is 4.79 Å². The van der Waals surface area contributed by atoms with E-state index in [1.807, 2.05) is 31.2 Å². The highest BCUT2D eigenvalue weighted by Gasteiger charge is 2.28. The zero-order valence-electron chi connectivity index (χ0n) is 19.6. The fourth-order valence-corrected chi connectivity index (χ4v) is 3.35. The van der Waals surface area contributed by atoms with Crippen molar-refractivity contribution in [1.29, 1.82) is 0 Å². The van der Waals surface area contributed by atoms with Gasteiger partial charge in [-0.05, 0) is 57.0 Å². The molecule has 3 N–H and O–H groups in total. The Hall–Kier alpha value is -3.75. The topological polar surface area (TPSA) is 118 Å². The van der Waals surface area contributed by atoms with Crippen molar-refractivity contribution < 1.29 is 23.6 Å². The summed E-state index contributed by atoms with van der Waals surface area (Å²) in [4.78, 5) is 29.2. The molecule has 0 spiro atoms. The van der Waals surface area contributed by atoms with E-state index in [-0.39, 0.29) is 18.1 Å². The number of aromatic amines is 1. The fraction of sp³-hybridized carbons (Fsp3) is 0.375. The van der Waals surface area contributed by atoms with Crippen LogP contribution < -0.4 is 15.4 Å². The van der Waals surface area contributed by atoms with Crippen LogP contribution in [0, 0.1) is 0 Å². The lowest BCUT2D eigenvalue weighted by molar-refractivity contribution is 0.00622. The largest absolute Gasteiger partial charge is 0.497 e. The first kappa shape index (κ1) is 23.9. The number of methoxy groups -OCH3 is 1. The van der Waals surface area contributed by atoms with E-state index in [2.05, 4.69) is 20.8 Å². The third-order valence-corrected chi connectivity index (χ3v) is 4.85. The third-order valence-electron chi connectivity index (χ3n) is 4.85. The van der Waals surface area contributed by atoms with Gasteiger partial charge in [0, 0.05) is 17.4 Å². The summed E-state index contributed by atoms with van der Waals surface area (Å²) in [5, 5.41) is 9.95. The van der Waals surface area contributed by atoms with Crippen LogP contribution in [0.4, 0.5) is 5.69 Å². The predicted octanol–water partition coefficient (Wildman–Crippen LogP) is 4.07. The molecule has 0 saturated heterocycles. The Balaban J connectivity index is 1.90. The van der Waals surface area contributed by atoms with Crippen molar-refractivity contribution in [3.63, 3.8) is 0 Å². The highest BCUT2D eigenvalue weighted by atomic mass is 16.6.